The van der Waals surface area contributed by atoms with E-state index in [0.29, 0.717) is 0 Å². The number of hydrogen-bond donors (Lipinski definition) is 2. The lowest BCUT2D eigenvalue weighted by atomic mass is 10.3. The molecule has 0 spiro atoms. The lowest BCUT2D eigenvalue weighted by molar-refractivity contribution is -0.141. The third-order valence-electron chi connectivity index (χ3n) is 2.66. The van der Waals surface area contributed by atoms with Gasteiger partial charge in [-0.15, -0.1) is 0 Å². The first kappa shape index (κ1) is 14.7. The maximum Gasteiger partial charge on any atom is 0.326 e. The number of likely N-dealkylation sites (N-methyl/N-ethyl adjacent to an activating group) is 1. The molecule has 1 atom stereocenters. The average Bonchev–Trinajstić information content (AvgIpc) is 2.37. The number of carbonyl (C=O) groups excluding carboxylic acids is 1. The van der Waals surface area contributed by atoms with E-state index < -0.39 is 23.9 Å². The Kier molecular flexibility index (Phi) is 4.68. The standard InChI is InChI=1S/C12H15FN2O4/c1-7(11(16)17)15(2)12(18)14-8-4-5-10(19-3)9(13)6-8/h4-7H,1-3H3,(H,14,18)(H,16,17). The Morgan fingerprint density at radius 1 is 1.47 bits per heavy atom. The van der Waals surface area contributed by atoms with Crippen molar-refractivity contribution < 1.29 is 23.8 Å². The number of ether oxygens (including phenoxy) is 1. The average molecular weight is 270 g/mol. The minimum Gasteiger partial charge on any atom is -0.494 e. The lowest BCUT2D eigenvalue weighted by Gasteiger charge is -2.21. The van der Waals surface area contributed by atoms with Crippen molar-refractivity contribution in [3.05, 3.63) is 24.0 Å². The SMILES string of the molecule is COc1ccc(NC(=O)N(C)C(C)C(=O)O)cc1F. The topological polar surface area (TPSA) is 78.9 Å². The van der Waals surface area contributed by atoms with Gasteiger partial charge in [-0.25, -0.2) is 14.0 Å². The molecule has 0 aliphatic carbocycles. The van der Waals surface area contributed by atoms with Crippen LogP contribution in [0.5, 0.6) is 5.75 Å². The molecule has 0 aliphatic heterocycles. The monoisotopic (exact) mass is 270 g/mol. The second-order valence-electron chi connectivity index (χ2n) is 3.90. The highest BCUT2D eigenvalue weighted by Gasteiger charge is 2.21. The highest BCUT2D eigenvalue weighted by molar-refractivity contribution is 5.92. The molecule has 0 bridgehead atoms. The number of hydrogen-bond acceptors (Lipinski definition) is 3. The van der Waals surface area contributed by atoms with Crippen LogP contribution in [-0.4, -0.2) is 42.2 Å². The second kappa shape index (κ2) is 6.03. The number of amides is 2. The highest BCUT2D eigenvalue weighted by Crippen LogP contribution is 2.20. The fraction of sp³-hybridized carbons (Fsp3) is 0.333. The number of methoxy groups -OCH3 is 1. The van der Waals surface area contributed by atoms with Gasteiger partial charge >= 0.3 is 12.0 Å². The predicted molar refractivity (Wildman–Crippen MR) is 66.8 cm³/mol. The number of anilines is 1. The number of carboxylic acids is 1. The molecule has 0 aliphatic rings. The van der Waals surface area contributed by atoms with E-state index in [4.69, 9.17) is 9.84 Å². The van der Waals surface area contributed by atoms with E-state index in [1.165, 1.54) is 33.2 Å². The van der Waals surface area contributed by atoms with Crippen molar-refractivity contribution in [1.29, 1.82) is 0 Å². The molecule has 1 rings (SSSR count). The first-order valence-electron chi connectivity index (χ1n) is 5.47. The van der Waals surface area contributed by atoms with Crippen LogP contribution < -0.4 is 10.1 Å². The van der Waals surface area contributed by atoms with Gasteiger partial charge in [0.1, 0.15) is 6.04 Å². The number of halogens is 1. The van der Waals surface area contributed by atoms with E-state index in [1.54, 1.807) is 0 Å². The fourth-order valence-corrected chi connectivity index (χ4v) is 1.30. The molecule has 0 saturated heterocycles. The second-order valence-corrected chi connectivity index (χ2v) is 3.90. The van der Waals surface area contributed by atoms with E-state index >= 15 is 0 Å². The minimum atomic E-state index is -1.13. The zero-order valence-corrected chi connectivity index (χ0v) is 10.8. The number of urea groups is 1. The van der Waals surface area contributed by atoms with Crippen molar-refractivity contribution in [2.24, 2.45) is 0 Å². The molecule has 1 aromatic carbocycles. The van der Waals surface area contributed by atoms with Gasteiger partial charge in [-0.2, -0.15) is 0 Å². The fourth-order valence-electron chi connectivity index (χ4n) is 1.30. The largest absolute Gasteiger partial charge is 0.494 e. The van der Waals surface area contributed by atoms with Crippen molar-refractivity contribution in [3.63, 3.8) is 0 Å². The van der Waals surface area contributed by atoms with E-state index in [0.717, 1.165) is 11.0 Å². The summed E-state index contributed by atoms with van der Waals surface area (Å²) in [6.45, 7) is 1.37. The normalized spacial score (nSPS) is 11.6. The molecule has 0 radical (unpaired) electrons. The molecule has 2 N–H and O–H groups in total. The van der Waals surface area contributed by atoms with Gasteiger partial charge in [-0.1, -0.05) is 0 Å². The summed E-state index contributed by atoms with van der Waals surface area (Å²) in [5.74, 6) is -1.68. The lowest BCUT2D eigenvalue weighted by Crippen LogP contribution is -2.42. The summed E-state index contributed by atoms with van der Waals surface area (Å²) in [6, 6.07) is 2.29. The Labute approximate surface area is 109 Å². The molecule has 2 amide bonds. The van der Waals surface area contributed by atoms with Gasteiger partial charge in [-0.05, 0) is 19.1 Å². The van der Waals surface area contributed by atoms with Gasteiger partial charge < -0.3 is 20.1 Å². The van der Waals surface area contributed by atoms with Gasteiger partial charge in [0.2, 0.25) is 0 Å². The van der Waals surface area contributed by atoms with E-state index in [2.05, 4.69) is 5.32 Å². The summed E-state index contributed by atoms with van der Waals surface area (Å²) in [7, 11) is 2.67. The first-order valence-corrected chi connectivity index (χ1v) is 5.47. The van der Waals surface area contributed by atoms with Crippen LogP contribution in [0.2, 0.25) is 0 Å². The van der Waals surface area contributed by atoms with Crippen molar-refractivity contribution >= 4 is 17.7 Å². The molecule has 19 heavy (non-hydrogen) atoms. The molecule has 104 valence electrons. The molecular weight excluding hydrogens is 255 g/mol. The minimum absolute atomic E-state index is 0.0604. The number of aliphatic carboxylic acids is 1. The van der Waals surface area contributed by atoms with Gasteiger partial charge in [0.05, 0.1) is 7.11 Å². The van der Waals surface area contributed by atoms with Crippen LogP contribution in [0.15, 0.2) is 18.2 Å². The quantitative estimate of drug-likeness (QED) is 0.874. The summed E-state index contributed by atoms with van der Waals surface area (Å²) in [5, 5.41) is 11.2. The van der Waals surface area contributed by atoms with Crippen LogP contribution in [0, 0.1) is 5.82 Å². The van der Waals surface area contributed by atoms with Crippen molar-refractivity contribution in [3.8, 4) is 5.75 Å². The smallest absolute Gasteiger partial charge is 0.326 e. The van der Waals surface area contributed by atoms with Crippen LogP contribution in [0.1, 0.15) is 6.92 Å². The summed E-state index contributed by atoms with van der Waals surface area (Å²) < 4.78 is 18.2. The van der Waals surface area contributed by atoms with Crippen molar-refractivity contribution in [1.82, 2.24) is 4.90 Å². The summed E-state index contributed by atoms with van der Waals surface area (Å²) in [5.41, 5.74) is 0.215. The Hall–Kier alpha value is -2.31. The molecule has 0 aromatic heterocycles. The van der Waals surface area contributed by atoms with Gasteiger partial charge in [0.25, 0.3) is 0 Å². The van der Waals surface area contributed by atoms with Gasteiger partial charge in [-0.3, -0.25) is 0 Å². The molecule has 0 saturated carbocycles. The third-order valence-corrected chi connectivity index (χ3v) is 2.66. The highest BCUT2D eigenvalue weighted by atomic mass is 19.1. The molecule has 6 nitrogen and oxygen atoms in total. The number of carboxylic acid groups (broad SMARTS) is 1. The zero-order chi connectivity index (χ0) is 14.6. The summed E-state index contributed by atoms with van der Waals surface area (Å²) in [4.78, 5) is 23.5. The molecule has 1 unspecified atom stereocenters. The van der Waals surface area contributed by atoms with E-state index in [-0.39, 0.29) is 11.4 Å². The van der Waals surface area contributed by atoms with E-state index in [1.807, 2.05) is 0 Å². The summed E-state index contributed by atoms with van der Waals surface area (Å²) >= 11 is 0. The third kappa shape index (κ3) is 3.57. The maximum absolute atomic E-state index is 13.4. The number of carbonyl (C=O) groups is 2. The van der Waals surface area contributed by atoms with Gasteiger partial charge in [0, 0.05) is 18.8 Å². The maximum atomic E-state index is 13.4. The van der Waals surface area contributed by atoms with Crippen LogP contribution in [0.3, 0.4) is 0 Å². The van der Waals surface area contributed by atoms with Crippen molar-refractivity contribution in [2.45, 2.75) is 13.0 Å². The molecular formula is C12H15FN2O4. The first-order chi connectivity index (χ1) is 8.86. The Bertz CT molecular complexity index is 493. The molecule has 0 heterocycles. The van der Waals surface area contributed by atoms with Crippen LogP contribution in [0.25, 0.3) is 0 Å². The molecule has 7 heteroatoms. The molecule has 1 aromatic rings. The number of benzene rings is 1. The summed E-state index contributed by atoms with van der Waals surface area (Å²) in [6.07, 6.45) is 0. The van der Waals surface area contributed by atoms with Crippen LogP contribution in [0.4, 0.5) is 14.9 Å². The number of nitrogens with one attached hydrogen (secondary N) is 1. The Morgan fingerprint density at radius 3 is 2.58 bits per heavy atom. The number of rotatable bonds is 4. The van der Waals surface area contributed by atoms with Crippen molar-refractivity contribution in [2.75, 3.05) is 19.5 Å². The zero-order valence-electron chi connectivity index (χ0n) is 10.8. The van der Waals surface area contributed by atoms with E-state index in [9.17, 15) is 14.0 Å². The Morgan fingerprint density at radius 2 is 2.11 bits per heavy atom. The van der Waals surface area contributed by atoms with Crippen LogP contribution in [-0.2, 0) is 4.79 Å². The molecule has 0 fully saturated rings. The van der Waals surface area contributed by atoms with Gasteiger partial charge in [0.15, 0.2) is 11.6 Å². The number of nitrogens with zero attached hydrogens (tertiary/aromatic N) is 1. The predicted octanol–water partition coefficient (Wildman–Crippen LogP) is 1.77. The van der Waals surface area contributed by atoms with Crippen LogP contribution >= 0.6 is 0 Å². The Balaban J connectivity index is 2.77.